The van der Waals surface area contributed by atoms with E-state index < -0.39 is 26.6 Å². The van der Waals surface area contributed by atoms with Gasteiger partial charge in [0, 0.05) is 22.7 Å². The van der Waals surface area contributed by atoms with E-state index in [0.717, 1.165) is 24.8 Å². The third kappa shape index (κ3) is 4.90. The van der Waals surface area contributed by atoms with Gasteiger partial charge in [-0.2, -0.15) is 0 Å². The van der Waals surface area contributed by atoms with Gasteiger partial charge in [0.2, 0.25) is 9.05 Å². The Kier molecular flexibility index (Phi) is 6.10. The first-order chi connectivity index (χ1) is 12.4. The Morgan fingerprint density at radius 3 is 2.58 bits per heavy atom. The zero-order chi connectivity index (χ0) is 18.6. The maximum absolute atomic E-state index is 12.4. The molecule has 2 unspecified atom stereocenters. The molecular weight excluding hydrogens is 378 g/mol. The van der Waals surface area contributed by atoms with Gasteiger partial charge in [-0.1, -0.05) is 36.8 Å². The highest BCUT2D eigenvalue weighted by Gasteiger charge is 2.51. The quantitative estimate of drug-likeness (QED) is 0.709. The van der Waals surface area contributed by atoms with E-state index in [9.17, 15) is 13.2 Å². The molecule has 8 heteroatoms. The van der Waals surface area contributed by atoms with Gasteiger partial charge in [-0.3, -0.25) is 0 Å². The smallest absolute Gasteiger partial charge is 0.407 e. The molecule has 2 fully saturated rings. The minimum absolute atomic E-state index is 0.158. The monoisotopic (exact) mass is 401 g/mol. The highest BCUT2D eigenvalue weighted by Crippen LogP contribution is 2.48. The summed E-state index contributed by atoms with van der Waals surface area (Å²) in [6, 6.07) is 8.97. The molecule has 1 heterocycles. The van der Waals surface area contributed by atoms with Gasteiger partial charge in [-0.25, -0.2) is 13.2 Å². The van der Waals surface area contributed by atoms with Crippen LogP contribution in [0.3, 0.4) is 0 Å². The number of amides is 1. The molecule has 0 aromatic heterocycles. The molecule has 1 amide bonds. The first-order valence-electron chi connectivity index (χ1n) is 8.89. The fourth-order valence-electron chi connectivity index (χ4n) is 3.92. The van der Waals surface area contributed by atoms with Crippen LogP contribution in [0.25, 0.3) is 0 Å². The summed E-state index contributed by atoms with van der Waals surface area (Å²) in [7, 11) is 1.86. The van der Waals surface area contributed by atoms with Crippen molar-refractivity contribution < 1.29 is 22.7 Å². The van der Waals surface area contributed by atoms with Gasteiger partial charge in [0.1, 0.15) is 6.61 Å². The molecule has 26 heavy (non-hydrogen) atoms. The molecule has 1 aromatic rings. The van der Waals surface area contributed by atoms with Crippen LogP contribution >= 0.6 is 10.7 Å². The molecule has 1 saturated carbocycles. The van der Waals surface area contributed by atoms with Gasteiger partial charge < -0.3 is 14.8 Å². The van der Waals surface area contributed by atoms with Crippen molar-refractivity contribution in [3.8, 4) is 0 Å². The van der Waals surface area contributed by atoms with E-state index in [1.54, 1.807) is 0 Å². The molecule has 1 aliphatic carbocycles. The fraction of sp³-hybridized carbons (Fsp3) is 0.611. The third-order valence-electron chi connectivity index (χ3n) is 5.29. The first kappa shape index (κ1) is 19.5. The van der Waals surface area contributed by atoms with Crippen LogP contribution in [-0.2, 0) is 25.1 Å². The van der Waals surface area contributed by atoms with Gasteiger partial charge in [-0.15, -0.1) is 0 Å². The van der Waals surface area contributed by atoms with Crippen LogP contribution in [0.5, 0.6) is 0 Å². The van der Waals surface area contributed by atoms with Crippen molar-refractivity contribution in [2.24, 2.45) is 5.41 Å². The minimum atomic E-state index is -3.68. The van der Waals surface area contributed by atoms with E-state index in [-0.39, 0.29) is 18.5 Å². The average Bonchev–Trinajstić information content (AvgIpc) is 3.09. The van der Waals surface area contributed by atoms with Crippen LogP contribution in [0, 0.1) is 5.41 Å². The summed E-state index contributed by atoms with van der Waals surface area (Å²) < 4.78 is 34.6. The lowest BCUT2D eigenvalue weighted by Crippen LogP contribution is -2.59. The number of rotatable bonds is 7. The highest BCUT2D eigenvalue weighted by molar-refractivity contribution is 8.13. The highest BCUT2D eigenvalue weighted by atomic mass is 35.7. The SMILES string of the molecule is O=C(NC(C1CCCO1)C1(CS(=O)(=O)Cl)CCC1)OCc1ccccc1. The summed E-state index contributed by atoms with van der Waals surface area (Å²) in [6.07, 6.45) is 3.21. The Balaban J connectivity index is 1.69. The average molecular weight is 402 g/mol. The van der Waals surface area contributed by atoms with Crippen LogP contribution in [0.2, 0.25) is 0 Å². The Hall–Kier alpha value is -1.31. The number of benzene rings is 1. The molecule has 0 spiro atoms. The second kappa shape index (κ2) is 8.15. The van der Waals surface area contributed by atoms with Gasteiger partial charge in [0.05, 0.1) is 17.9 Å². The zero-order valence-electron chi connectivity index (χ0n) is 14.5. The second-order valence-electron chi connectivity index (χ2n) is 7.13. The molecular formula is C18H24ClNO5S. The zero-order valence-corrected chi connectivity index (χ0v) is 16.1. The van der Waals surface area contributed by atoms with Crippen molar-refractivity contribution in [2.75, 3.05) is 12.4 Å². The molecule has 1 saturated heterocycles. The predicted molar refractivity (Wildman–Crippen MR) is 98.4 cm³/mol. The van der Waals surface area contributed by atoms with E-state index in [2.05, 4.69) is 5.32 Å². The molecule has 2 atom stereocenters. The molecule has 1 aliphatic heterocycles. The normalized spacial score (nSPS) is 23.0. The van der Waals surface area contributed by atoms with Crippen LogP contribution in [0.15, 0.2) is 30.3 Å². The van der Waals surface area contributed by atoms with Gasteiger partial charge in [0.25, 0.3) is 0 Å². The van der Waals surface area contributed by atoms with Crippen LogP contribution < -0.4 is 5.32 Å². The van der Waals surface area contributed by atoms with Gasteiger partial charge in [0.15, 0.2) is 0 Å². The van der Waals surface area contributed by atoms with Gasteiger partial charge in [-0.05, 0) is 31.2 Å². The minimum Gasteiger partial charge on any atom is -0.445 e. The van der Waals surface area contributed by atoms with Crippen molar-refractivity contribution >= 4 is 25.8 Å². The number of halogens is 1. The summed E-state index contributed by atoms with van der Waals surface area (Å²) in [4.78, 5) is 12.4. The number of hydrogen-bond donors (Lipinski definition) is 1. The summed E-state index contributed by atoms with van der Waals surface area (Å²) in [5.41, 5.74) is 0.305. The molecule has 2 aliphatic rings. The van der Waals surface area contributed by atoms with Crippen LogP contribution in [0.1, 0.15) is 37.7 Å². The molecule has 3 rings (SSSR count). The van der Waals surface area contributed by atoms with Crippen molar-refractivity contribution in [3.05, 3.63) is 35.9 Å². The standard InChI is InChI=1S/C18H24ClNO5S/c19-26(22,23)13-18(9-5-10-18)16(15-8-4-11-24-15)20-17(21)25-12-14-6-2-1-3-7-14/h1-3,6-7,15-16H,4-5,8-13H2,(H,20,21). The molecule has 6 nitrogen and oxygen atoms in total. The largest absolute Gasteiger partial charge is 0.445 e. The molecule has 0 radical (unpaired) electrons. The predicted octanol–water partition coefficient (Wildman–Crippen LogP) is 3.20. The van der Waals surface area contributed by atoms with E-state index in [1.165, 1.54) is 0 Å². The van der Waals surface area contributed by atoms with E-state index >= 15 is 0 Å². The summed E-state index contributed by atoms with van der Waals surface area (Å²) in [5.74, 6) is -0.162. The second-order valence-corrected chi connectivity index (χ2v) is 9.91. The lowest BCUT2D eigenvalue weighted by atomic mass is 9.63. The Morgan fingerprint density at radius 1 is 1.31 bits per heavy atom. The number of alkyl carbamates (subject to hydrolysis) is 1. The van der Waals surface area contributed by atoms with Gasteiger partial charge >= 0.3 is 6.09 Å². The van der Waals surface area contributed by atoms with E-state index in [0.29, 0.717) is 19.4 Å². The number of nitrogens with one attached hydrogen (secondary N) is 1. The lowest BCUT2D eigenvalue weighted by Gasteiger charge is -2.48. The van der Waals surface area contributed by atoms with E-state index in [1.807, 2.05) is 30.3 Å². The Bertz CT molecular complexity index is 714. The maximum atomic E-state index is 12.4. The number of carbonyl (C=O) groups excluding carboxylic acids is 1. The Labute approximate surface area is 158 Å². The first-order valence-corrected chi connectivity index (χ1v) is 11.4. The van der Waals surface area contributed by atoms with Crippen molar-refractivity contribution in [1.29, 1.82) is 0 Å². The third-order valence-corrected chi connectivity index (χ3v) is 6.54. The summed E-state index contributed by atoms with van der Waals surface area (Å²) >= 11 is 0. The Morgan fingerprint density at radius 2 is 2.04 bits per heavy atom. The summed E-state index contributed by atoms with van der Waals surface area (Å²) in [6.45, 7) is 0.775. The summed E-state index contributed by atoms with van der Waals surface area (Å²) in [5, 5.41) is 2.89. The number of ether oxygens (including phenoxy) is 2. The molecule has 1 aromatic carbocycles. The molecule has 144 valence electrons. The van der Waals surface area contributed by atoms with Crippen molar-refractivity contribution in [2.45, 2.75) is 50.9 Å². The fourth-order valence-corrected chi connectivity index (χ4v) is 5.72. The van der Waals surface area contributed by atoms with E-state index in [4.69, 9.17) is 20.2 Å². The van der Waals surface area contributed by atoms with Crippen LogP contribution in [0.4, 0.5) is 4.79 Å². The molecule has 0 bridgehead atoms. The number of carbonyl (C=O) groups is 1. The topological polar surface area (TPSA) is 81.7 Å². The van der Waals surface area contributed by atoms with Crippen molar-refractivity contribution in [3.63, 3.8) is 0 Å². The lowest BCUT2D eigenvalue weighted by molar-refractivity contribution is -0.00709. The maximum Gasteiger partial charge on any atom is 0.407 e. The van der Waals surface area contributed by atoms with Crippen molar-refractivity contribution in [1.82, 2.24) is 5.32 Å². The molecule has 1 N–H and O–H groups in total. The number of hydrogen-bond acceptors (Lipinski definition) is 5. The van der Waals surface area contributed by atoms with Crippen LogP contribution in [-0.4, -0.2) is 39.0 Å².